The maximum absolute atomic E-state index is 13.3. The van der Waals surface area contributed by atoms with E-state index >= 15 is 0 Å². The number of ketones is 1. The van der Waals surface area contributed by atoms with Crippen LogP contribution in [0.2, 0.25) is 0 Å². The zero-order valence-corrected chi connectivity index (χ0v) is 14.2. The number of carbonyl (C=O) groups is 2. The van der Waals surface area contributed by atoms with Crippen molar-refractivity contribution >= 4 is 11.8 Å². The third kappa shape index (κ3) is 3.78. The molecule has 1 aliphatic carbocycles. The van der Waals surface area contributed by atoms with Gasteiger partial charge in [0.2, 0.25) is 0 Å². The van der Waals surface area contributed by atoms with Gasteiger partial charge in [0.15, 0.2) is 0 Å². The van der Waals surface area contributed by atoms with Crippen molar-refractivity contribution in [2.45, 2.75) is 38.5 Å². The highest BCUT2D eigenvalue weighted by Gasteiger charge is 2.25. The van der Waals surface area contributed by atoms with E-state index in [0.717, 1.165) is 29.5 Å². The van der Waals surface area contributed by atoms with Crippen LogP contribution >= 0.6 is 0 Å². The van der Waals surface area contributed by atoms with E-state index in [1.165, 1.54) is 12.1 Å². The first-order valence-corrected chi connectivity index (χ1v) is 8.60. The second-order valence-electron chi connectivity index (χ2n) is 6.75. The summed E-state index contributed by atoms with van der Waals surface area (Å²) >= 11 is 0. The van der Waals surface area contributed by atoms with Crippen molar-refractivity contribution in [3.63, 3.8) is 0 Å². The summed E-state index contributed by atoms with van der Waals surface area (Å²) in [5.41, 5.74) is 3.28. The smallest absolute Gasteiger partial charge is 0.310 e. The van der Waals surface area contributed by atoms with E-state index in [2.05, 4.69) is 0 Å². The standard InChI is InChI=1S/C21H21FO3/c1-13(21(24)25)18-10-5-14(11-16-3-2-4-20(16)23)12-19(18)15-6-8-17(22)9-7-15/h5-10,12-13,16H,2-4,11H2,1H3,(H,24,25). The lowest BCUT2D eigenvalue weighted by molar-refractivity contribution is -0.138. The van der Waals surface area contributed by atoms with E-state index in [-0.39, 0.29) is 11.7 Å². The van der Waals surface area contributed by atoms with Crippen molar-refractivity contribution in [2.75, 3.05) is 0 Å². The number of benzene rings is 2. The first kappa shape index (κ1) is 17.3. The molecule has 4 heteroatoms. The molecule has 0 aromatic heterocycles. The monoisotopic (exact) mass is 340 g/mol. The largest absolute Gasteiger partial charge is 0.481 e. The number of halogens is 1. The van der Waals surface area contributed by atoms with E-state index in [9.17, 15) is 19.1 Å². The Morgan fingerprint density at radius 1 is 1.24 bits per heavy atom. The molecule has 2 atom stereocenters. The number of carbonyl (C=O) groups excluding carboxylic acids is 1. The van der Waals surface area contributed by atoms with Gasteiger partial charge in [-0.3, -0.25) is 9.59 Å². The van der Waals surface area contributed by atoms with Crippen LogP contribution in [0.4, 0.5) is 4.39 Å². The van der Waals surface area contributed by atoms with Crippen LogP contribution in [0.25, 0.3) is 11.1 Å². The molecule has 1 saturated carbocycles. The van der Waals surface area contributed by atoms with E-state index in [4.69, 9.17) is 0 Å². The van der Waals surface area contributed by atoms with E-state index in [0.29, 0.717) is 24.2 Å². The first-order chi connectivity index (χ1) is 12.0. The Labute approximate surface area is 146 Å². The molecule has 3 nitrogen and oxygen atoms in total. The fourth-order valence-electron chi connectivity index (χ4n) is 3.51. The van der Waals surface area contributed by atoms with Crippen molar-refractivity contribution in [2.24, 2.45) is 5.92 Å². The average molecular weight is 340 g/mol. The second-order valence-corrected chi connectivity index (χ2v) is 6.75. The minimum Gasteiger partial charge on any atom is -0.481 e. The van der Waals surface area contributed by atoms with Gasteiger partial charge >= 0.3 is 5.97 Å². The summed E-state index contributed by atoms with van der Waals surface area (Å²) in [4.78, 5) is 23.4. The number of rotatable bonds is 5. The Morgan fingerprint density at radius 3 is 2.56 bits per heavy atom. The molecule has 0 amide bonds. The van der Waals surface area contributed by atoms with Crippen LogP contribution in [0.15, 0.2) is 42.5 Å². The van der Waals surface area contributed by atoms with Gasteiger partial charge in [0, 0.05) is 12.3 Å². The lowest BCUT2D eigenvalue weighted by Crippen LogP contribution is -2.11. The van der Waals surface area contributed by atoms with Gasteiger partial charge in [-0.2, -0.15) is 0 Å². The molecule has 1 fully saturated rings. The normalized spacial score (nSPS) is 18.3. The Balaban J connectivity index is 2.00. The maximum Gasteiger partial charge on any atom is 0.310 e. The molecular weight excluding hydrogens is 319 g/mol. The number of carboxylic acids is 1. The molecule has 1 aliphatic rings. The average Bonchev–Trinajstić information content (AvgIpc) is 2.99. The molecule has 0 bridgehead atoms. The molecule has 0 radical (unpaired) electrons. The molecule has 2 aromatic carbocycles. The molecule has 3 rings (SSSR count). The zero-order chi connectivity index (χ0) is 18.0. The summed E-state index contributed by atoms with van der Waals surface area (Å²) in [5.74, 6) is -1.52. The van der Waals surface area contributed by atoms with Gasteiger partial charge in [-0.1, -0.05) is 30.3 Å². The van der Waals surface area contributed by atoms with Crippen LogP contribution in [0, 0.1) is 11.7 Å². The van der Waals surface area contributed by atoms with Crippen LogP contribution < -0.4 is 0 Å². The Hall–Kier alpha value is -2.49. The molecule has 2 aromatic rings. The first-order valence-electron chi connectivity index (χ1n) is 8.60. The van der Waals surface area contributed by atoms with E-state index < -0.39 is 11.9 Å². The van der Waals surface area contributed by atoms with Gasteiger partial charge in [0.05, 0.1) is 5.92 Å². The predicted octanol–water partition coefficient (Wildman–Crippen LogP) is 4.59. The van der Waals surface area contributed by atoms with E-state index in [1.807, 2.05) is 18.2 Å². The lowest BCUT2D eigenvalue weighted by atomic mass is 9.87. The van der Waals surface area contributed by atoms with Crippen LogP contribution in [0.5, 0.6) is 0 Å². The Morgan fingerprint density at radius 2 is 1.96 bits per heavy atom. The summed E-state index contributed by atoms with van der Waals surface area (Å²) in [6.07, 6.45) is 3.19. The highest BCUT2D eigenvalue weighted by molar-refractivity contribution is 5.83. The Kier molecular flexibility index (Phi) is 4.98. The molecule has 0 aliphatic heterocycles. The number of hydrogen-bond donors (Lipinski definition) is 1. The molecule has 1 N–H and O–H groups in total. The van der Waals surface area contributed by atoms with Gasteiger partial charge in [-0.25, -0.2) is 4.39 Å². The molecule has 0 heterocycles. The van der Waals surface area contributed by atoms with Crippen molar-refractivity contribution in [1.29, 1.82) is 0 Å². The lowest BCUT2D eigenvalue weighted by Gasteiger charge is -2.16. The molecule has 0 saturated heterocycles. The number of aliphatic carboxylic acids is 1. The zero-order valence-electron chi connectivity index (χ0n) is 14.2. The topological polar surface area (TPSA) is 54.4 Å². The maximum atomic E-state index is 13.3. The third-order valence-corrected chi connectivity index (χ3v) is 5.02. The van der Waals surface area contributed by atoms with Gasteiger partial charge in [-0.05, 0) is 60.6 Å². The molecule has 25 heavy (non-hydrogen) atoms. The fourth-order valence-corrected chi connectivity index (χ4v) is 3.51. The molecule has 130 valence electrons. The van der Waals surface area contributed by atoms with Gasteiger partial charge in [0.1, 0.15) is 11.6 Å². The summed E-state index contributed by atoms with van der Waals surface area (Å²) in [7, 11) is 0. The van der Waals surface area contributed by atoms with Crippen LogP contribution in [-0.2, 0) is 16.0 Å². The fraction of sp³-hybridized carbons (Fsp3) is 0.333. The van der Waals surface area contributed by atoms with E-state index in [1.54, 1.807) is 19.1 Å². The second kappa shape index (κ2) is 7.18. The van der Waals surface area contributed by atoms with Gasteiger partial charge in [0.25, 0.3) is 0 Å². The molecular formula is C21H21FO3. The van der Waals surface area contributed by atoms with Crippen molar-refractivity contribution in [3.8, 4) is 11.1 Å². The van der Waals surface area contributed by atoms with Crippen LogP contribution in [0.3, 0.4) is 0 Å². The summed E-state index contributed by atoms with van der Waals surface area (Å²) in [5, 5.41) is 9.38. The van der Waals surface area contributed by atoms with Crippen molar-refractivity contribution in [3.05, 3.63) is 59.4 Å². The number of Topliss-reactive ketones (excluding diaryl/α,β-unsaturated/α-hetero) is 1. The minimum atomic E-state index is -0.901. The predicted molar refractivity (Wildman–Crippen MR) is 93.9 cm³/mol. The van der Waals surface area contributed by atoms with Crippen LogP contribution in [-0.4, -0.2) is 16.9 Å². The SMILES string of the molecule is CC(C(=O)O)c1ccc(CC2CCCC2=O)cc1-c1ccc(F)cc1. The number of hydrogen-bond acceptors (Lipinski definition) is 2. The third-order valence-electron chi connectivity index (χ3n) is 5.02. The van der Waals surface area contributed by atoms with Crippen molar-refractivity contribution < 1.29 is 19.1 Å². The molecule has 0 spiro atoms. The molecule has 2 unspecified atom stereocenters. The summed E-state index contributed by atoms with van der Waals surface area (Å²) < 4.78 is 13.3. The van der Waals surface area contributed by atoms with Gasteiger partial charge < -0.3 is 5.11 Å². The highest BCUT2D eigenvalue weighted by atomic mass is 19.1. The Bertz CT molecular complexity index is 795. The number of carboxylic acid groups (broad SMARTS) is 1. The quantitative estimate of drug-likeness (QED) is 0.866. The minimum absolute atomic E-state index is 0.0591. The highest BCUT2D eigenvalue weighted by Crippen LogP contribution is 2.33. The van der Waals surface area contributed by atoms with Gasteiger partial charge in [-0.15, -0.1) is 0 Å². The summed E-state index contributed by atoms with van der Waals surface area (Å²) in [6.45, 7) is 1.64. The van der Waals surface area contributed by atoms with Crippen LogP contribution in [0.1, 0.15) is 43.2 Å². The van der Waals surface area contributed by atoms with Crippen molar-refractivity contribution in [1.82, 2.24) is 0 Å². The summed E-state index contributed by atoms with van der Waals surface area (Å²) in [6, 6.07) is 11.8.